The molecule has 1 amide bonds. The van der Waals surface area contributed by atoms with Crippen LogP contribution in [0.4, 0.5) is 5.69 Å². The number of nitrogens with one attached hydrogen (secondary N) is 2. The predicted octanol–water partition coefficient (Wildman–Crippen LogP) is 0.611. The summed E-state index contributed by atoms with van der Waals surface area (Å²) >= 11 is 0. The van der Waals surface area contributed by atoms with Crippen molar-refractivity contribution in [2.45, 2.75) is 6.92 Å². The van der Waals surface area contributed by atoms with E-state index in [0.717, 1.165) is 31.9 Å². The highest BCUT2D eigenvalue weighted by Crippen LogP contribution is 2.19. The lowest BCUT2D eigenvalue weighted by atomic mass is 10.2. The molecule has 2 N–H and O–H groups in total. The Morgan fingerprint density at radius 3 is 2.63 bits per heavy atom. The van der Waals surface area contributed by atoms with Gasteiger partial charge in [0.05, 0.1) is 6.54 Å². The minimum atomic E-state index is -0.0299. The molecule has 0 aromatic heterocycles. The van der Waals surface area contributed by atoms with E-state index in [0.29, 0.717) is 13.2 Å². The van der Waals surface area contributed by atoms with Gasteiger partial charge >= 0.3 is 0 Å². The zero-order chi connectivity index (χ0) is 13.5. The van der Waals surface area contributed by atoms with Crippen molar-refractivity contribution >= 4 is 11.6 Å². The van der Waals surface area contributed by atoms with Crippen LogP contribution in [0.5, 0.6) is 5.75 Å². The maximum Gasteiger partial charge on any atom is 0.216 e. The summed E-state index contributed by atoms with van der Waals surface area (Å²) in [4.78, 5) is 13.1. The molecule has 0 saturated carbocycles. The number of anilines is 1. The molecule has 1 aromatic carbocycles. The van der Waals surface area contributed by atoms with Crippen molar-refractivity contribution in [2.75, 3.05) is 44.2 Å². The standard InChI is InChI=1S/C14H21N3O2/c1-12(18)16-8-11-19-14-4-2-13(3-5-14)17-9-6-15-7-10-17/h2-5,15H,6-11H2,1H3,(H,16,18). The lowest BCUT2D eigenvalue weighted by molar-refractivity contribution is -0.119. The molecule has 1 aliphatic heterocycles. The van der Waals surface area contributed by atoms with E-state index in [2.05, 4.69) is 27.7 Å². The summed E-state index contributed by atoms with van der Waals surface area (Å²) in [5.74, 6) is 0.807. The molecule has 1 heterocycles. The lowest BCUT2D eigenvalue weighted by Crippen LogP contribution is -2.43. The van der Waals surface area contributed by atoms with Crippen LogP contribution in [-0.4, -0.2) is 45.2 Å². The maximum atomic E-state index is 10.7. The van der Waals surface area contributed by atoms with Crippen LogP contribution < -0.4 is 20.3 Å². The van der Waals surface area contributed by atoms with Gasteiger partial charge in [-0.2, -0.15) is 0 Å². The van der Waals surface area contributed by atoms with Crippen molar-refractivity contribution < 1.29 is 9.53 Å². The van der Waals surface area contributed by atoms with Crippen LogP contribution in [0.15, 0.2) is 24.3 Å². The maximum absolute atomic E-state index is 10.7. The van der Waals surface area contributed by atoms with Gasteiger partial charge in [0.25, 0.3) is 0 Å². The summed E-state index contributed by atoms with van der Waals surface area (Å²) in [6, 6.07) is 8.12. The van der Waals surface area contributed by atoms with Gasteiger partial charge < -0.3 is 20.3 Å². The van der Waals surface area contributed by atoms with Crippen LogP contribution in [-0.2, 0) is 4.79 Å². The van der Waals surface area contributed by atoms with E-state index in [-0.39, 0.29) is 5.91 Å². The van der Waals surface area contributed by atoms with Crippen molar-refractivity contribution in [3.05, 3.63) is 24.3 Å². The number of carbonyl (C=O) groups excluding carboxylic acids is 1. The molecule has 1 saturated heterocycles. The molecule has 0 unspecified atom stereocenters. The first-order valence-corrected chi connectivity index (χ1v) is 6.69. The summed E-state index contributed by atoms with van der Waals surface area (Å²) in [6.07, 6.45) is 0. The van der Waals surface area contributed by atoms with Gasteiger partial charge in [-0.3, -0.25) is 4.79 Å². The smallest absolute Gasteiger partial charge is 0.216 e. The van der Waals surface area contributed by atoms with Crippen molar-refractivity contribution in [3.8, 4) is 5.75 Å². The highest BCUT2D eigenvalue weighted by molar-refractivity contribution is 5.72. The Morgan fingerprint density at radius 1 is 1.32 bits per heavy atom. The Balaban J connectivity index is 1.79. The summed E-state index contributed by atoms with van der Waals surface area (Å²) in [5, 5.41) is 6.04. The second-order valence-corrected chi connectivity index (χ2v) is 4.56. The monoisotopic (exact) mass is 263 g/mol. The molecule has 1 fully saturated rings. The van der Waals surface area contributed by atoms with Crippen LogP contribution in [0, 0.1) is 0 Å². The summed E-state index contributed by atoms with van der Waals surface area (Å²) in [5.41, 5.74) is 1.23. The number of rotatable bonds is 5. The topological polar surface area (TPSA) is 53.6 Å². The highest BCUT2D eigenvalue weighted by atomic mass is 16.5. The summed E-state index contributed by atoms with van der Waals surface area (Å²) in [6.45, 7) is 6.69. The van der Waals surface area contributed by atoms with Gasteiger partial charge in [-0.15, -0.1) is 0 Å². The Kier molecular flexibility index (Phi) is 5.03. The predicted molar refractivity (Wildman–Crippen MR) is 75.7 cm³/mol. The van der Waals surface area contributed by atoms with Gasteiger partial charge in [0, 0.05) is 38.8 Å². The number of ether oxygens (including phenoxy) is 1. The molecule has 5 heteroatoms. The molecular formula is C14H21N3O2. The molecular weight excluding hydrogens is 242 g/mol. The first-order valence-electron chi connectivity index (χ1n) is 6.69. The summed E-state index contributed by atoms with van der Waals surface area (Å²) < 4.78 is 5.55. The van der Waals surface area contributed by atoms with E-state index in [1.165, 1.54) is 12.6 Å². The van der Waals surface area contributed by atoms with E-state index in [9.17, 15) is 4.79 Å². The van der Waals surface area contributed by atoms with E-state index in [1.54, 1.807) is 0 Å². The van der Waals surface area contributed by atoms with Crippen LogP contribution >= 0.6 is 0 Å². The molecule has 0 radical (unpaired) electrons. The van der Waals surface area contributed by atoms with Gasteiger partial charge in [-0.1, -0.05) is 0 Å². The SMILES string of the molecule is CC(=O)NCCOc1ccc(N2CCNCC2)cc1. The van der Waals surface area contributed by atoms with E-state index < -0.39 is 0 Å². The van der Waals surface area contributed by atoms with Gasteiger partial charge in [-0.05, 0) is 24.3 Å². The number of carbonyl (C=O) groups is 1. The average Bonchev–Trinajstić information content (AvgIpc) is 2.45. The Morgan fingerprint density at radius 2 is 2.00 bits per heavy atom. The average molecular weight is 263 g/mol. The molecule has 2 rings (SSSR count). The van der Waals surface area contributed by atoms with Crippen LogP contribution in [0.25, 0.3) is 0 Å². The van der Waals surface area contributed by atoms with E-state index in [4.69, 9.17) is 4.74 Å². The molecule has 0 atom stereocenters. The molecule has 0 bridgehead atoms. The minimum absolute atomic E-state index is 0.0299. The fourth-order valence-electron chi connectivity index (χ4n) is 2.07. The molecule has 0 spiro atoms. The zero-order valence-electron chi connectivity index (χ0n) is 11.3. The number of hydrogen-bond acceptors (Lipinski definition) is 4. The number of amides is 1. The van der Waals surface area contributed by atoms with E-state index in [1.807, 2.05) is 12.1 Å². The van der Waals surface area contributed by atoms with Crippen LogP contribution in [0.3, 0.4) is 0 Å². The molecule has 19 heavy (non-hydrogen) atoms. The number of benzene rings is 1. The third kappa shape index (κ3) is 4.44. The fraction of sp³-hybridized carbons (Fsp3) is 0.500. The fourth-order valence-corrected chi connectivity index (χ4v) is 2.07. The highest BCUT2D eigenvalue weighted by Gasteiger charge is 2.09. The third-order valence-corrected chi connectivity index (χ3v) is 3.06. The Bertz CT molecular complexity index is 400. The summed E-state index contributed by atoms with van der Waals surface area (Å²) in [7, 11) is 0. The van der Waals surface area contributed by atoms with Crippen molar-refractivity contribution in [2.24, 2.45) is 0 Å². The van der Waals surface area contributed by atoms with Gasteiger partial charge in [-0.25, -0.2) is 0 Å². The first-order chi connectivity index (χ1) is 9.25. The third-order valence-electron chi connectivity index (χ3n) is 3.06. The van der Waals surface area contributed by atoms with Crippen LogP contribution in [0.1, 0.15) is 6.92 Å². The molecule has 1 aliphatic rings. The number of piperazine rings is 1. The minimum Gasteiger partial charge on any atom is -0.492 e. The Hall–Kier alpha value is -1.75. The molecule has 104 valence electrons. The molecule has 1 aromatic rings. The first kappa shape index (κ1) is 13.7. The van der Waals surface area contributed by atoms with Gasteiger partial charge in [0.1, 0.15) is 12.4 Å². The number of hydrogen-bond donors (Lipinski definition) is 2. The molecule has 0 aliphatic carbocycles. The van der Waals surface area contributed by atoms with Crippen LogP contribution in [0.2, 0.25) is 0 Å². The largest absolute Gasteiger partial charge is 0.492 e. The zero-order valence-corrected chi connectivity index (χ0v) is 11.3. The lowest BCUT2D eigenvalue weighted by Gasteiger charge is -2.29. The van der Waals surface area contributed by atoms with Crippen molar-refractivity contribution in [1.82, 2.24) is 10.6 Å². The van der Waals surface area contributed by atoms with Gasteiger partial charge in [0.15, 0.2) is 0 Å². The molecule has 5 nitrogen and oxygen atoms in total. The van der Waals surface area contributed by atoms with E-state index >= 15 is 0 Å². The normalized spacial score (nSPS) is 15.1. The Labute approximate surface area is 113 Å². The number of nitrogens with zero attached hydrogens (tertiary/aromatic N) is 1. The second kappa shape index (κ2) is 6.99. The van der Waals surface area contributed by atoms with Crippen molar-refractivity contribution in [1.29, 1.82) is 0 Å². The second-order valence-electron chi connectivity index (χ2n) is 4.56. The van der Waals surface area contributed by atoms with Crippen molar-refractivity contribution in [3.63, 3.8) is 0 Å². The van der Waals surface area contributed by atoms with Gasteiger partial charge in [0.2, 0.25) is 5.91 Å². The quantitative estimate of drug-likeness (QED) is 0.764.